The second kappa shape index (κ2) is 10.3. The van der Waals surface area contributed by atoms with E-state index in [4.69, 9.17) is 4.74 Å². The van der Waals surface area contributed by atoms with Crippen molar-refractivity contribution >= 4 is 17.4 Å². The van der Waals surface area contributed by atoms with Crippen LogP contribution in [0.25, 0.3) is 0 Å². The van der Waals surface area contributed by atoms with E-state index in [9.17, 15) is 9.59 Å². The van der Waals surface area contributed by atoms with Crippen molar-refractivity contribution in [3.63, 3.8) is 0 Å². The number of hydrogen-bond donors (Lipinski definition) is 1. The van der Waals surface area contributed by atoms with E-state index in [1.165, 1.54) is 5.56 Å². The van der Waals surface area contributed by atoms with Crippen molar-refractivity contribution in [3.05, 3.63) is 88.3 Å². The van der Waals surface area contributed by atoms with Crippen molar-refractivity contribution < 1.29 is 14.3 Å². The summed E-state index contributed by atoms with van der Waals surface area (Å²) < 4.78 is 5.43. The molecule has 5 nitrogen and oxygen atoms in total. The van der Waals surface area contributed by atoms with Crippen LogP contribution in [0, 0.1) is 0 Å². The van der Waals surface area contributed by atoms with Crippen LogP contribution in [0.3, 0.4) is 0 Å². The lowest BCUT2D eigenvalue weighted by molar-refractivity contribution is -0.138. The highest BCUT2D eigenvalue weighted by molar-refractivity contribution is 6.04. The van der Waals surface area contributed by atoms with Gasteiger partial charge < -0.3 is 15.0 Å². The van der Waals surface area contributed by atoms with Gasteiger partial charge in [0.25, 0.3) is 0 Å². The molecular weight excluding hydrogens is 424 g/mol. The largest absolute Gasteiger partial charge is 0.463 e. The van der Waals surface area contributed by atoms with Crippen LogP contribution in [-0.4, -0.2) is 31.4 Å². The molecule has 2 aromatic carbocycles. The van der Waals surface area contributed by atoms with Crippen LogP contribution in [-0.2, 0) is 14.3 Å². The fourth-order valence-corrected chi connectivity index (χ4v) is 5.28. The van der Waals surface area contributed by atoms with Crippen LogP contribution in [0.15, 0.2) is 77.1 Å². The molecule has 0 spiro atoms. The van der Waals surface area contributed by atoms with Crippen LogP contribution in [0.5, 0.6) is 0 Å². The van der Waals surface area contributed by atoms with E-state index in [1.54, 1.807) is 6.92 Å². The number of carbonyl (C=O) groups excluding carboxylic acids is 2. The maximum absolute atomic E-state index is 13.6. The maximum Gasteiger partial charge on any atom is 0.336 e. The van der Waals surface area contributed by atoms with Gasteiger partial charge in [0.1, 0.15) is 0 Å². The summed E-state index contributed by atoms with van der Waals surface area (Å²) in [6.45, 7) is 10.1. The Bertz CT molecular complexity index is 1110. The SMILES string of the molecule is CCOC(=O)C1=C(C)NC2=C(C(=O)C[C@H](c3ccccc3)C2)[C@@H]1c1ccc(N(CC)CC)cc1. The molecule has 1 aliphatic carbocycles. The molecule has 5 heteroatoms. The standard InChI is InChI=1S/C29H34N2O3/c1-5-31(6-2)23-15-13-21(14-16-23)27-26(29(33)34-7-3)19(4)30-24-17-22(18-25(32)28(24)27)20-11-9-8-10-12-20/h8-16,22,27,30H,5-7,17-18H2,1-4H3/t22-,27-/m1/s1. The number of allylic oxidation sites excluding steroid dienone is 3. The highest BCUT2D eigenvalue weighted by atomic mass is 16.5. The van der Waals surface area contributed by atoms with E-state index in [0.29, 0.717) is 24.2 Å². The third-order valence-electron chi connectivity index (χ3n) is 6.95. The molecule has 34 heavy (non-hydrogen) atoms. The lowest BCUT2D eigenvalue weighted by Crippen LogP contribution is -2.36. The summed E-state index contributed by atoms with van der Waals surface area (Å²) in [5, 5.41) is 3.41. The minimum Gasteiger partial charge on any atom is -0.463 e. The number of dihydropyridines is 1. The second-order valence-electron chi connectivity index (χ2n) is 8.91. The van der Waals surface area contributed by atoms with Crippen molar-refractivity contribution in [1.29, 1.82) is 0 Å². The zero-order valence-electron chi connectivity index (χ0n) is 20.6. The van der Waals surface area contributed by atoms with Crippen molar-refractivity contribution in [2.75, 3.05) is 24.6 Å². The number of rotatable bonds is 7. The quantitative estimate of drug-likeness (QED) is 0.559. The molecule has 0 amide bonds. The van der Waals surface area contributed by atoms with E-state index < -0.39 is 5.92 Å². The molecule has 178 valence electrons. The Morgan fingerprint density at radius 2 is 1.65 bits per heavy atom. The van der Waals surface area contributed by atoms with Gasteiger partial charge in [0, 0.05) is 48.1 Å². The zero-order valence-corrected chi connectivity index (χ0v) is 20.6. The molecule has 4 rings (SSSR count). The number of Topliss-reactive ketones (excluding diaryl/α,β-unsaturated/α-hetero) is 1. The Morgan fingerprint density at radius 1 is 0.971 bits per heavy atom. The number of esters is 1. The Morgan fingerprint density at radius 3 is 2.26 bits per heavy atom. The third kappa shape index (κ3) is 4.52. The average Bonchev–Trinajstić information content (AvgIpc) is 2.85. The molecule has 1 heterocycles. The van der Waals surface area contributed by atoms with Crippen LogP contribution >= 0.6 is 0 Å². The fourth-order valence-electron chi connectivity index (χ4n) is 5.28. The minimum absolute atomic E-state index is 0.0923. The fraction of sp³-hybridized carbons (Fsp3) is 0.379. The van der Waals surface area contributed by atoms with Gasteiger partial charge in [-0.05, 0) is 63.3 Å². The molecule has 0 bridgehead atoms. The number of ether oxygens (including phenoxy) is 1. The van der Waals surface area contributed by atoms with Gasteiger partial charge in [-0.25, -0.2) is 4.79 Å². The van der Waals surface area contributed by atoms with Crippen LogP contribution < -0.4 is 10.2 Å². The minimum atomic E-state index is -0.426. The van der Waals surface area contributed by atoms with Gasteiger partial charge in [-0.1, -0.05) is 42.5 Å². The number of carbonyl (C=O) groups is 2. The molecule has 1 aliphatic heterocycles. The molecular formula is C29H34N2O3. The smallest absolute Gasteiger partial charge is 0.336 e. The van der Waals surface area contributed by atoms with Crippen molar-refractivity contribution in [1.82, 2.24) is 5.32 Å². The number of nitrogens with one attached hydrogen (secondary N) is 1. The van der Waals surface area contributed by atoms with E-state index in [-0.39, 0.29) is 17.7 Å². The summed E-state index contributed by atoms with van der Waals surface area (Å²) in [6, 6.07) is 18.5. The molecule has 0 radical (unpaired) electrons. The van der Waals surface area contributed by atoms with Crippen LogP contribution in [0.2, 0.25) is 0 Å². The van der Waals surface area contributed by atoms with Gasteiger partial charge in [0.05, 0.1) is 12.2 Å². The Hall–Kier alpha value is -3.34. The highest BCUT2D eigenvalue weighted by Gasteiger charge is 2.41. The Kier molecular flexibility index (Phi) is 7.20. The number of hydrogen-bond acceptors (Lipinski definition) is 5. The highest BCUT2D eigenvalue weighted by Crippen LogP contribution is 2.45. The van der Waals surface area contributed by atoms with Crippen LogP contribution in [0.4, 0.5) is 5.69 Å². The second-order valence-corrected chi connectivity index (χ2v) is 8.91. The molecule has 2 aromatic rings. The molecule has 0 saturated carbocycles. The number of nitrogens with zero attached hydrogens (tertiary/aromatic N) is 1. The normalized spacial score (nSPS) is 20.1. The zero-order chi connectivity index (χ0) is 24.2. The molecule has 0 fully saturated rings. The molecule has 2 aliphatic rings. The number of anilines is 1. The molecule has 1 N–H and O–H groups in total. The van der Waals surface area contributed by atoms with Crippen molar-refractivity contribution in [2.24, 2.45) is 0 Å². The molecule has 0 saturated heterocycles. The Balaban J connectivity index is 1.77. The monoisotopic (exact) mass is 458 g/mol. The van der Waals surface area contributed by atoms with Gasteiger partial charge >= 0.3 is 5.97 Å². The summed E-state index contributed by atoms with van der Waals surface area (Å²) in [6.07, 6.45) is 1.18. The predicted molar refractivity (Wildman–Crippen MR) is 136 cm³/mol. The summed E-state index contributed by atoms with van der Waals surface area (Å²) in [5.41, 5.74) is 6.17. The van der Waals surface area contributed by atoms with E-state index in [0.717, 1.165) is 42.2 Å². The molecule has 0 aromatic heterocycles. The van der Waals surface area contributed by atoms with Gasteiger partial charge in [-0.3, -0.25) is 4.79 Å². The van der Waals surface area contributed by atoms with Gasteiger partial charge in [0.15, 0.2) is 5.78 Å². The average molecular weight is 459 g/mol. The summed E-state index contributed by atoms with van der Waals surface area (Å²) in [5.74, 6) is -0.572. The predicted octanol–water partition coefficient (Wildman–Crippen LogP) is 5.46. The molecule has 2 atom stereocenters. The van der Waals surface area contributed by atoms with Crippen LogP contribution in [0.1, 0.15) is 63.5 Å². The lowest BCUT2D eigenvalue weighted by Gasteiger charge is -2.37. The first-order valence-corrected chi connectivity index (χ1v) is 12.3. The number of benzene rings is 2. The first-order chi connectivity index (χ1) is 16.5. The van der Waals surface area contributed by atoms with E-state index in [2.05, 4.69) is 60.5 Å². The summed E-state index contributed by atoms with van der Waals surface area (Å²) in [4.78, 5) is 29.0. The maximum atomic E-state index is 13.6. The topological polar surface area (TPSA) is 58.6 Å². The van der Waals surface area contributed by atoms with Crippen molar-refractivity contribution in [2.45, 2.75) is 52.4 Å². The van der Waals surface area contributed by atoms with E-state index in [1.807, 2.05) is 25.1 Å². The summed E-state index contributed by atoms with van der Waals surface area (Å²) in [7, 11) is 0. The summed E-state index contributed by atoms with van der Waals surface area (Å²) >= 11 is 0. The Labute approximate surface area is 202 Å². The first kappa shape index (κ1) is 23.8. The van der Waals surface area contributed by atoms with E-state index >= 15 is 0 Å². The lowest BCUT2D eigenvalue weighted by atomic mass is 9.71. The molecule has 0 unspecified atom stereocenters. The number of ketones is 1. The van der Waals surface area contributed by atoms with Gasteiger partial charge in [-0.2, -0.15) is 0 Å². The van der Waals surface area contributed by atoms with Crippen molar-refractivity contribution in [3.8, 4) is 0 Å². The van der Waals surface area contributed by atoms with Gasteiger partial charge in [-0.15, -0.1) is 0 Å². The third-order valence-corrected chi connectivity index (χ3v) is 6.95. The van der Waals surface area contributed by atoms with Gasteiger partial charge in [0.2, 0.25) is 0 Å². The first-order valence-electron chi connectivity index (χ1n) is 12.3.